The third-order valence-corrected chi connectivity index (χ3v) is 3.42. The number of ether oxygens (including phenoxy) is 2. The third kappa shape index (κ3) is 2.31. The molecule has 1 atom stereocenters. The molecular weight excluding hydrogens is 288 g/mol. The number of carbonyl (C=O) groups is 1. The van der Waals surface area contributed by atoms with Crippen LogP contribution in [0.25, 0.3) is 0 Å². The Bertz CT molecular complexity index is 425. The molecular formula is C11H13BrN2O3. The number of benzene rings is 1. The van der Waals surface area contributed by atoms with E-state index in [9.17, 15) is 4.79 Å². The standard InChI is InChI=1S/C11H13BrN2O3/c1-16-8-3-6(4-9(17-2)10(8)12)7-5-13-11(15)14-7/h3-4,7H,5H2,1-2H3,(H2,13,14,15)/t7-/m1/s1. The second kappa shape index (κ2) is 4.83. The molecule has 1 aliphatic rings. The van der Waals surface area contributed by atoms with E-state index in [-0.39, 0.29) is 12.1 Å². The molecule has 1 aromatic carbocycles. The zero-order valence-electron chi connectivity index (χ0n) is 9.54. The number of amides is 2. The smallest absolute Gasteiger partial charge is 0.315 e. The van der Waals surface area contributed by atoms with E-state index in [2.05, 4.69) is 26.6 Å². The monoisotopic (exact) mass is 300 g/mol. The Hall–Kier alpha value is -1.43. The Morgan fingerprint density at radius 3 is 2.29 bits per heavy atom. The van der Waals surface area contributed by atoms with Crippen molar-refractivity contribution in [1.82, 2.24) is 10.6 Å². The molecule has 0 aliphatic carbocycles. The number of hydrogen-bond acceptors (Lipinski definition) is 3. The minimum absolute atomic E-state index is 0.0570. The fourth-order valence-corrected chi connectivity index (χ4v) is 2.30. The molecule has 0 radical (unpaired) electrons. The highest BCUT2D eigenvalue weighted by atomic mass is 79.9. The normalized spacial score (nSPS) is 18.5. The second-order valence-electron chi connectivity index (χ2n) is 3.65. The fourth-order valence-electron chi connectivity index (χ4n) is 1.75. The molecule has 0 spiro atoms. The summed E-state index contributed by atoms with van der Waals surface area (Å²) in [6, 6.07) is 3.55. The van der Waals surface area contributed by atoms with Crippen LogP contribution in [0.5, 0.6) is 11.5 Å². The van der Waals surface area contributed by atoms with Crippen LogP contribution in [0.15, 0.2) is 16.6 Å². The predicted molar refractivity (Wildman–Crippen MR) is 66.5 cm³/mol. The number of hydrogen-bond donors (Lipinski definition) is 2. The lowest BCUT2D eigenvalue weighted by Gasteiger charge is -2.14. The molecule has 2 amide bonds. The van der Waals surface area contributed by atoms with Crippen molar-refractivity contribution in [3.8, 4) is 11.5 Å². The predicted octanol–water partition coefficient (Wildman–Crippen LogP) is 1.82. The molecule has 1 fully saturated rings. The maximum absolute atomic E-state index is 11.1. The first kappa shape index (κ1) is 12.0. The maximum atomic E-state index is 11.1. The van der Waals surface area contributed by atoms with Gasteiger partial charge in [-0.15, -0.1) is 0 Å². The summed E-state index contributed by atoms with van der Waals surface area (Å²) < 4.78 is 11.3. The lowest BCUT2D eigenvalue weighted by molar-refractivity contribution is 0.247. The van der Waals surface area contributed by atoms with Gasteiger partial charge >= 0.3 is 6.03 Å². The average Bonchev–Trinajstić information content (AvgIpc) is 2.76. The van der Waals surface area contributed by atoms with E-state index < -0.39 is 0 Å². The summed E-state index contributed by atoms with van der Waals surface area (Å²) >= 11 is 3.40. The number of nitrogens with one attached hydrogen (secondary N) is 2. The second-order valence-corrected chi connectivity index (χ2v) is 4.44. The molecule has 0 unspecified atom stereocenters. The van der Waals surface area contributed by atoms with Gasteiger partial charge < -0.3 is 20.1 Å². The van der Waals surface area contributed by atoms with E-state index in [0.717, 1.165) is 10.0 Å². The zero-order valence-corrected chi connectivity index (χ0v) is 11.1. The van der Waals surface area contributed by atoms with Crippen molar-refractivity contribution in [2.45, 2.75) is 6.04 Å². The average molecular weight is 301 g/mol. The van der Waals surface area contributed by atoms with Gasteiger partial charge in [0.25, 0.3) is 0 Å². The molecule has 2 N–H and O–H groups in total. The van der Waals surface area contributed by atoms with E-state index in [4.69, 9.17) is 9.47 Å². The number of halogens is 1. The summed E-state index contributed by atoms with van der Waals surface area (Å²) in [5, 5.41) is 5.53. The van der Waals surface area contributed by atoms with Crippen LogP contribution in [0.2, 0.25) is 0 Å². The highest BCUT2D eigenvalue weighted by molar-refractivity contribution is 9.10. The number of carbonyl (C=O) groups excluding carboxylic acids is 1. The van der Waals surface area contributed by atoms with Crippen LogP contribution in [-0.2, 0) is 0 Å². The van der Waals surface area contributed by atoms with Crippen LogP contribution >= 0.6 is 15.9 Å². The van der Waals surface area contributed by atoms with Gasteiger partial charge in [0.15, 0.2) is 0 Å². The molecule has 0 bridgehead atoms. The summed E-state index contributed by atoms with van der Waals surface area (Å²) in [4.78, 5) is 11.1. The molecule has 1 saturated heterocycles. The van der Waals surface area contributed by atoms with Crippen LogP contribution in [0.3, 0.4) is 0 Å². The van der Waals surface area contributed by atoms with Gasteiger partial charge in [0.2, 0.25) is 0 Å². The van der Waals surface area contributed by atoms with Crippen molar-refractivity contribution < 1.29 is 14.3 Å². The van der Waals surface area contributed by atoms with Gasteiger partial charge in [-0.3, -0.25) is 0 Å². The Balaban J connectivity index is 2.37. The summed E-state index contributed by atoms with van der Waals surface area (Å²) in [5.41, 5.74) is 0.945. The zero-order chi connectivity index (χ0) is 12.4. The van der Waals surface area contributed by atoms with Gasteiger partial charge in [0.1, 0.15) is 16.0 Å². The van der Waals surface area contributed by atoms with Crippen LogP contribution in [0, 0.1) is 0 Å². The topological polar surface area (TPSA) is 59.6 Å². The van der Waals surface area contributed by atoms with Crippen LogP contribution in [-0.4, -0.2) is 26.8 Å². The van der Waals surface area contributed by atoms with E-state index in [1.54, 1.807) is 14.2 Å². The first-order valence-corrected chi connectivity index (χ1v) is 5.90. The fraction of sp³-hybridized carbons (Fsp3) is 0.364. The van der Waals surface area contributed by atoms with Gasteiger partial charge in [0.05, 0.1) is 20.3 Å². The van der Waals surface area contributed by atoms with Crippen molar-refractivity contribution in [2.75, 3.05) is 20.8 Å². The van der Waals surface area contributed by atoms with Gasteiger partial charge in [0, 0.05) is 6.54 Å². The molecule has 2 rings (SSSR count). The summed E-state index contributed by atoms with van der Waals surface area (Å²) in [7, 11) is 3.18. The van der Waals surface area contributed by atoms with E-state index in [0.29, 0.717) is 18.0 Å². The van der Waals surface area contributed by atoms with E-state index in [1.165, 1.54) is 0 Å². The Labute approximate surface area is 108 Å². The highest BCUT2D eigenvalue weighted by Crippen LogP contribution is 2.37. The maximum Gasteiger partial charge on any atom is 0.315 e. The lowest BCUT2D eigenvalue weighted by atomic mass is 10.1. The number of urea groups is 1. The van der Waals surface area contributed by atoms with Gasteiger partial charge in [-0.2, -0.15) is 0 Å². The molecule has 92 valence electrons. The van der Waals surface area contributed by atoms with Crippen LogP contribution in [0.4, 0.5) is 4.79 Å². The summed E-state index contributed by atoms with van der Waals surface area (Å²) in [6.07, 6.45) is 0. The van der Waals surface area contributed by atoms with Gasteiger partial charge in [-0.05, 0) is 33.6 Å². The van der Waals surface area contributed by atoms with Gasteiger partial charge in [-0.25, -0.2) is 4.79 Å². The molecule has 0 saturated carbocycles. The molecule has 5 nitrogen and oxygen atoms in total. The Morgan fingerprint density at radius 2 is 1.88 bits per heavy atom. The highest BCUT2D eigenvalue weighted by Gasteiger charge is 2.23. The van der Waals surface area contributed by atoms with Crippen LogP contribution < -0.4 is 20.1 Å². The molecule has 1 aromatic rings. The SMILES string of the molecule is COc1cc([C@H]2CNC(=O)N2)cc(OC)c1Br. The first-order chi connectivity index (χ1) is 8.15. The number of methoxy groups -OCH3 is 2. The molecule has 17 heavy (non-hydrogen) atoms. The van der Waals surface area contributed by atoms with Crippen molar-refractivity contribution >= 4 is 22.0 Å². The quantitative estimate of drug-likeness (QED) is 0.895. The van der Waals surface area contributed by atoms with E-state index >= 15 is 0 Å². The van der Waals surface area contributed by atoms with Crippen molar-refractivity contribution in [3.05, 3.63) is 22.2 Å². The molecule has 1 aliphatic heterocycles. The Kier molecular flexibility index (Phi) is 3.42. The Morgan fingerprint density at radius 1 is 1.29 bits per heavy atom. The first-order valence-electron chi connectivity index (χ1n) is 5.11. The van der Waals surface area contributed by atoms with E-state index in [1.807, 2.05) is 12.1 Å². The van der Waals surface area contributed by atoms with Crippen molar-refractivity contribution in [2.24, 2.45) is 0 Å². The lowest BCUT2D eigenvalue weighted by Crippen LogP contribution is -2.21. The van der Waals surface area contributed by atoms with Gasteiger partial charge in [-0.1, -0.05) is 0 Å². The largest absolute Gasteiger partial charge is 0.495 e. The molecule has 6 heteroatoms. The molecule has 0 aromatic heterocycles. The van der Waals surface area contributed by atoms with Crippen LogP contribution in [0.1, 0.15) is 11.6 Å². The minimum Gasteiger partial charge on any atom is -0.495 e. The molecule has 1 heterocycles. The number of rotatable bonds is 3. The summed E-state index contributed by atoms with van der Waals surface area (Å²) in [6.45, 7) is 0.562. The van der Waals surface area contributed by atoms with Crippen molar-refractivity contribution in [3.63, 3.8) is 0 Å². The minimum atomic E-state index is -0.157. The summed E-state index contributed by atoms with van der Waals surface area (Å²) in [5.74, 6) is 1.36. The van der Waals surface area contributed by atoms with Crippen molar-refractivity contribution in [1.29, 1.82) is 0 Å². The third-order valence-electron chi connectivity index (χ3n) is 2.64.